The molecule has 0 radical (unpaired) electrons. The zero-order valence-electron chi connectivity index (χ0n) is 20.9. The molecule has 1 unspecified atom stereocenters. The van der Waals surface area contributed by atoms with Crippen molar-refractivity contribution in [3.8, 4) is 17.2 Å². The Morgan fingerprint density at radius 3 is 2.46 bits per heavy atom. The molecule has 7 nitrogen and oxygen atoms in total. The van der Waals surface area contributed by atoms with E-state index in [1.54, 1.807) is 0 Å². The summed E-state index contributed by atoms with van der Waals surface area (Å²) in [4.78, 5) is 18.0. The molecule has 1 aromatic heterocycles. The van der Waals surface area contributed by atoms with Gasteiger partial charge in [-0.05, 0) is 73.7 Å². The van der Waals surface area contributed by atoms with E-state index in [4.69, 9.17) is 24.0 Å². The summed E-state index contributed by atoms with van der Waals surface area (Å²) in [6, 6.07) is 14.1. The first-order valence-electron chi connectivity index (χ1n) is 12.2. The number of rotatable bonds is 9. The van der Waals surface area contributed by atoms with Gasteiger partial charge >= 0.3 is 5.97 Å². The predicted octanol–water partition coefficient (Wildman–Crippen LogP) is 5.77. The van der Waals surface area contributed by atoms with Crippen LogP contribution in [0.2, 0.25) is 0 Å². The Labute approximate surface area is 206 Å². The van der Waals surface area contributed by atoms with Gasteiger partial charge < -0.3 is 23.9 Å². The number of aromatic nitrogens is 1. The molecule has 1 aliphatic rings. The van der Waals surface area contributed by atoms with Gasteiger partial charge in [-0.3, -0.25) is 4.79 Å². The van der Waals surface area contributed by atoms with E-state index in [1.807, 2.05) is 32.0 Å². The average molecular weight is 479 g/mol. The first-order chi connectivity index (χ1) is 16.8. The summed E-state index contributed by atoms with van der Waals surface area (Å²) in [5.41, 5.74) is 5.02. The lowest BCUT2D eigenvalue weighted by molar-refractivity contribution is -0.136. The van der Waals surface area contributed by atoms with Gasteiger partial charge in [-0.25, -0.2) is 4.98 Å². The lowest BCUT2D eigenvalue weighted by Crippen LogP contribution is -2.36. The second-order valence-electron chi connectivity index (χ2n) is 9.31. The normalized spacial score (nSPS) is 14.8. The summed E-state index contributed by atoms with van der Waals surface area (Å²) in [6.45, 7) is 11.4. The number of nitrogens with zero attached hydrogens (tertiary/aromatic N) is 2. The van der Waals surface area contributed by atoms with Crippen LogP contribution in [0.1, 0.15) is 61.8 Å². The van der Waals surface area contributed by atoms with Crippen LogP contribution in [0.5, 0.6) is 5.75 Å². The van der Waals surface area contributed by atoms with Crippen molar-refractivity contribution in [2.24, 2.45) is 0 Å². The van der Waals surface area contributed by atoms with E-state index < -0.39 is 5.97 Å². The summed E-state index contributed by atoms with van der Waals surface area (Å²) in [5, 5.41) is 8.95. The van der Waals surface area contributed by atoms with Crippen molar-refractivity contribution >= 4 is 11.7 Å². The summed E-state index contributed by atoms with van der Waals surface area (Å²) < 4.78 is 17.9. The maximum atomic E-state index is 10.9. The minimum absolute atomic E-state index is 0.115. The number of hydrogen-bond acceptors (Lipinski definition) is 6. The van der Waals surface area contributed by atoms with Crippen LogP contribution in [-0.2, 0) is 16.0 Å². The number of carbonyl (C=O) groups is 1. The fourth-order valence-corrected chi connectivity index (χ4v) is 4.33. The fourth-order valence-electron chi connectivity index (χ4n) is 4.33. The van der Waals surface area contributed by atoms with Crippen LogP contribution < -0.4 is 9.64 Å². The van der Waals surface area contributed by atoms with Crippen LogP contribution in [0.3, 0.4) is 0 Å². The van der Waals surface area contributed by atoms with Crippen LogP contribution in [0.4, 0.5) is 5.69 Å². The van der Waals surface area contributed by atoms with E-state index in [2.05, 4.69) is 43.0 Å². The standard InChI is InChI=1S/C28H34N2O5/c1-18(2)26-27(20(4)34-24-11-7-21(19(3)17-24)8-12-25(31)32)35-28(29-26)22-5-9-23(10-6-22)30-13-15-33-16-14-30/h5-7,9-11,17-18,20H,8,12-16H2,1-4H3,(H,31,32). The van der Waals surface area contributed by atoms with Crippen LogP contribution >= 0.6 is 0 Å². The van der Waals surface area contributed by atoms with E-state index in [0.29, 0.717) is 12.3 Å². The number of oxazole rings is 1. The number of aryl methyl sites for hydroxylation is 2. The topological polar surface area (TPSA) is 85.0 Å². The number of aliphatic carboxylic acids is 1. The average Bonchev–Trinajstić information content (AvgIpc) is 3.30. The van der Waals surface area contributed by atoms with E-state index in [0.717, 1.165) is 60.2 Å². The SMILES string of the molecule is Cc1cc(OC(C)c2oc(-c3ccc(N4CCOCC4)cc3)nc2C(C)C)ccc1CCC(=O)O. The Balaban J connectivity index is 1.51. The molecule has 0 bridgehead atoms. The van der Waals surface area contributed by atoms with Crippen LogP contribution in [0.25, 0.3) is 11.5 Å². The highest BCUT2D eigenvalue weighted by atomic mass is 16.5. The van der Waals surface area contributed by atoms with Crippen molar-refractivity contribution in [3.05, 3.63) is 65.0 Å². The van der Waals surface area contributed by atoms with E-state index in [9.17, 15) is 4.79 Å². The van der Waals surface area contributed by atoms with Crippen molar-refractivity contribution in [1.29, 1.82) is 0 Å². The van der Waals surface area contributed by atoms with Crippen molar-refractivity contribution in [2.45, 2.75) is 52.6 Å². The third-order valence-electron chi connectivity index (χ3n) is 6.32. The quantitative estimate of drug-likeness (QED) is 0.418. The first-order valence-corrected chi connectivity index (χ1v) is 12.2. The summed E-state index contributed by atoms with van der Waals surface area (Å²) in [6.07, 6.45) is 0.291. The Morgan fingerprint density at radius 2 is 1.83 bits per heavy atom. The molecule has 186 valence electrons. The molecular weight excluding hydrogens is 444 g/mol. The molecule has 1 atom stereocenters. The van der Waals surface area contributed by atoms with Gasteiger partial charge in [0.1, 0.15) is 5.75 Å². The molecule has 1 fully saturated rings. The van der Waals surface area contributed by atoms with Crippen LogP contribution in [0.15, 0.2) is 46.9 Å². The zero-order chi connectivity index (χ0) is 24.9. The second-order valence-corrected chi connectivity index (χ2v) is 9.31. The number of anilines is 1. The van der Waals surface area contributed by atoms with E-state index in [1.165, 1.54) is 5.69 Å². The van der Waals surface area contributed by atoms with Gasteiger partial charge in [0.2, 0.25) is 5.89 Å². The molecule has 1 saturated heterocycles. The number of carboxylic acid groups (broad SMARTS) is 1. The lowest BCUT2D eigenvalue weighted by Gasteiger charge is -2.28. The van der Waals surface area contributed by atoms with Crippen molar-refractivity contribution < 1.29 is 23.8 Å². The van der Waals surface area contributed by atoms with Crippen LogP contribution in [0, 0.1) is 6.92 Å². The molecule has 7 heteroatoms. The monoisotopic (exact) mass is 478 g/mol. The van der Waals surface area contributed by atoms with Gasteiger partial charge in [-0.2, -0.15) is 0 Å². The number of benzene rings is 2. The maximum Gasteiger partial charge on any atom is 0.303 e. The predicted molar refractivity (Wildman–Crippen MR) is 135 cm³/mol. The van der Waals surface area contributed by atoms with Gasteiger partial charge in [0.15, 0.2) is 11.9 Å². The smallest absolute Gasteiger partial charge is 0.303 e. The lowest BCUT2D eigenvalue weighted by atomic mass is 10.0. The first kappa shape index (κ1) is 24.8. The number of carboxylic acids is 1. The van der Waals surface area contributed by atoms with Gasteiger partial charge in [0.25, 0.3) is 0 Å². The van der Waals surface area contributed by atoms with Crippen LogP contribution in [-0.4, -0.2) is 42.4 Å². The third kappa shape index (κ3) is 6.03. The van der Waals surface area contributed by atoms with Crippen molar-refractivity contribution in [1.82, 2.24) is 4.98 Å². The van der Waals surface area contributed by atoms with Crippen molar-refractivity contribution in [2.75, 3.05) is 31.2 Å². The molecule has 4 rings (SSSR count). The minimum Gasteiger partial charge on any atom is -0.483 e. The maximum absolute atomic E-state index is 10.9. The summed E-state index contributed by atoms with van der Waals surface area (Å²) in [7, 11) is 0. The molecule has 1 aliphatic heterocycles. The van der Waals surface area contributed by atoms with Crippen molar-refractivity contribution in [3.63, 3.8) is 0 Å². The second kappa shape index (κ2) is 11.0. The van der Waals surface area contributed by atoms with Gasteiger partial charge in [-0.1, -0.05) is 19.9 Å². The molecule has 2 aromatic carbocycles. The minimum atomic E-state index is -0.795. The number of morpholine rings is 1. The highest BCUT2D eigenvalue weighted by molar-refractivity contribution is 5.67. The molecule has 0 spiro atoms. The Hall–Kier alpha value is -3.32. The highest BCUT2D eigenvalue weighted by Crippen LogP contribution is 2.34. The molecule has 1 N–H and O–H groups in total. The molecule has 3 aromatic rings. The van der Waals surface area contributed by atoms with Gasteiger partial charge in [0, 0.05) is 30.8 Å². The summed E-state index contributed by atoms with van der Waals surface area (Å²) in [5.74, 6) is 1.42. The zero-order valence-corrected chi connectivity index (χ0v) is 20.9. The molecule has 35 heavy (non-hydrogen) atoms. The highest BCUT2D eigenvalue weighted by Gasteiger charge is 2.24. The molecule has 0 saturated carbocycles. The third-order valence-corrected chi connectivity index (χ3v) is 6.32. The van der Waals surface area contributed by atoms with Gasteiger partial charge in [-0.15, -0.1) is 0 Å². The molecule has 0 aliphatic carbocycles. The Morgan fingerprint density at radius 1 is 1.11 bits per heavy atom. The molecular formula is C28H34N2O5. The molecule has 2 heterocycles. The summed E-state index contributed by atoms with van der Waals surface area (Å²) >= 11 is 0. The van der Waals surface area contributed by atoms with Gasteiger partial charge in [0.05, 0.1) is 18.9 Å². The Bertz CT molecular complexity index is 1150. The number of ether oxygens (including phenoxy) is 2. The fraction of sp³-hybridized carbons (Fsp3) is 0.429. The Kier molecular flexibility index (Phi) is 7.76. The number of hydrogen-bond donors (Lipinski definition) is 1. The largest absolute Gasteiger partial charge is 0.483 e. The molecule has 0 amide bonds. The van der Waals surface area contributed by atoms with E-state index >= 15 is 0 Å². The van der Waals surface area contributed by atoms with E-state index in [-0.39, 0.29) is 18.4 Å².